The molecule has 0 N–H and O–H groups in total. The Hall–Kier alpha value is -1.39. The van der Waals surface area contributed by atoms with Crippen molar-refractivity contribution < 1.29 is 14.3 Å². The SMILES string of the molecule is COc1ccc(C(=O)C(C)(OC)N2CCCCC2)cc1. The Morgan fingerprint density at radius 2 is 1.70 bits per heavy atom. The molecule has 0 amide bonds. The zero-order valence-corrected chi connectivity index (χ0v) is 12.5. The van der Waals surface area contributed by atoms with Crippen molar-refractivity contribution in [3.05, 3.63) is 29.8 Å². The summed E-state index contributed by atoms with van der Waals surface area (Å²) >= 11 is 0. The van der Waals surface area contributed by atoms with Crippen LogP contribution in [0, 0.1) is 0 Å². The summed E-state index contributed by atoms with van der Waals surface area (Å²) in [7, 11) is 3.22. The van der Waals surface area contributed by atoms with E-state index in [1.807, 2.05) is 6.92 Å². The van der Waals surface area contributed by atoms with Crippen molar-refractivity contribution in [3.63, 3.8) is 0 Å². The molecule has 20 heavy (non-hydrogen) atoms. The van der Waals surface area contributed by atoms with E-state index in [-0.39, 0.29) is 5.78 Å². The molecule has 2 rings (SSSR count). The minimum atomic E-state index is -0.880. The number of piperidine rings is 1. The van der Waals surface area contributed by atoms with Gasteiger partial charge in [0.25, 0.3) is 0 Å². The number of hydrogen-bond donors (Lipinski definition) is 0. The molecule has 1 aliphatic heterocycles. The summed E-state index contributed by atoms with van der Waals surface area (Å²) in [6, 6.07) is 7.20. The van der Waals surface area contributed by atoms with Gasteiger partial charge in [-0.25, -0.2) is 0 Å². The van der Waals surface area contributed by atoms with Crippen LogP contribution in [-0.4, -0.2) is 43.7 Å². The lowest BCUT2D eigenvalue weighted by Gasteiger charge is -2.40. The second kappa shape index (κ2) is 6.37. The molecule has 0 radical (unpaired) electrons. The summed E-state index contributed by atoms with van der Waals surface area (Å²) in [6.07, 6.45) is 3.47. The van der Waals surface area contributed by atoms with Gasteiger partial charge in [0, 0.05) is 25.8 Å². The molecule has 0 aromatic heterocycles. The minimum absolute atomic E-state index is 0.00422. The lowest BCUT2D eigenvalue weighted by atomic mass is 9.97. The van der Waals surface area contributed by atoms with Gasteiger partial charge in [0.2, 0.25) is 5.78 Å². The van der Waals surface area contributed by atoms with Gasteiger partial charge in [-0.3, -0.25) is 9.69 Å². The molecule has 1 aromatic carbocycles. The largest absolute Gasteiger partial charge is 0.497 e. The van der Waals surface area contributed by atoms with Gasteiger partial charge >= 0.3 is 0 Å². The predicted octanol–water partition coefficient (Wildman–Crippen LogP) is 2.73. The molecule has 1 aromatic rings. The molecule has 1 unspecified atom stereocenters. The van der Waals surface area contributed by atoms with Crippen LogP contribution in [0.2, 0.25) is 0 Å². The van der Waals surface area contributed by atoms with Gasteiger partial charge in [0.05, 0.1) is 7.11 Å². The number of likely N-dealkylation sites (tertiary alicyclic amines) is 1. The Balaban J connectivity index is 2.22. The zero-order chi connectivity index (χ0) is 14.6. The molecule has 0 saturated carbocycles. The second-order valence-electron chi connectivity index (χ2n) is 5.29. The van der Waals surface area contributed by atoms with Crippen LogP contribution >= 0.6 is 0 Å². The fourth-order valence-electron chi connectivity index (χ4n) is 2.70. The van der Waals surface area contributed by atoms with E-state index in [4.69, 9.17) is 9.47 Å². The summed E-state index contributed by atoms with van der Waals surface area (Å²) in [5.41, 5.74) is -0.227. The number of hydrogen-bond acceptors (Lipinski definition) is 4. The monoisotopic (exact) mass is 277 g/mol. The first kappa shape index (κ1) is 15.0. The third-order valence-corrected chi connectivity index (χ3v) is 4.13. The Morgan fingerprint density at radius 3 is 2.20 bits per heavy atom. The summed E-state index contributed by atoms with van der Waals surface area (Å²) in [6.45, 7) is 3.68. The normalized spacial score (nSPS) is 19.4. The number of carbonyl (C=O) groups excluding carboxylic acids is 1. The van der Waals surface area contributed by atoms with Crippen LogP contribution in [0.15, 0.2) is 24.3 Å². The maximum Gasteiger partial charge on any atom is 0.209 e. The highest BCUT2D eigenvalue weighted by atomic mass is 16.5. The number of ketones is 1. The van der Waals surface area contributed by atoms with Crippen LogP contribution in [0.25, 0.3) is 0 Å². The molecule has 1 atom stereocenters. The third-order valence-electron chi connectivity index (χ3n) is 4.13. The van der Waals surface area contributed by atoms with Crippen molar-refractivity contribution in [2.75, 3.05) is 27.3 Å². The first-order valence-electron chi connectivity index (χ1n) is 7.11. The van der Waals surface area contributed by atoms with Crippen LogP contribution in [0.5, 0.6) is 5.75 Å². The second-order valence-corrected chi connectivity index (χ2v) is 5.29. The van der Waals surface area contributed by atoms with E-state index in [0.29, 0.717) is 5.56 Å². The maximum absolute atomic E-state index is 12.8. The van der Waals surface area contributed by atoms with Gasteiger partial charge < -0.3 is 9.47 Å². The fourth-order valence-corrected chi connectivity index (χ4v) is 2.70. The van der Waals surface area contributed by atoms with E-state index >= 15 is 0 Å². The van der Waals surface area contributed by atoms with Gasteiger partial charge in [0.15, 0.2) is 5.72 Å². The molecule has 1 saturated heterocycles. The van der Waals surface area contributed by atoms with Gasteiger partial charge in [-0.15, -0.1) is 0 Å². The van der Waals surface area contributed by atoms with Crippen LogP contribution in [-0.2, 0) is 4.74 Å². The number of ether oxygens (including phenoxy) is 2. The third kappa shape index (κ3) is 2.86. The first-order valence-corrected chi connectivity index (χ1v) is 7.11. The van der Waals surface area contributed by atoms with Crippen molar-refractivity contribution in [3.8, 4) is 5.75 Å². The van der Waals surface area contributed by atoms with Crippen LogP contribution < -0.4 is 4.74 Å². The van der Waals surface area contributed by atoms with E-state index in [1.54, 1.807) is 38.5 Å². The van der Waals surface area contributed by atoms with Crippen molar-refractivity contribution >= 4 is 5.78 Å². The Morgan fingerprint density at radius 1 is 1.10 bits per heavy atom. The quantitative estimate of drug-likeness (QED) is 0.776. The average Bonchev–Trinajstić information content (AvgIpc) is 2.54. The van der Waals surface area contributed by atoms with Crippen molar-refractivity contribution in [1.29, 1.82) is 0 Å². The highest BCUT2D eigenvalue weighted by Gasteiger charge is 2.40. The highest BCUT2D eigenvalue weighted by Crippen LogP contribution is 2.26. The molecule has 1 heterocycles. The fraction of sp³-hybridized carbons (Fsp3) is 0.562. The van der Waals surface area contributed by atoms with Gasteiger partial charge in [-0.1, -0.05) is 6.42 Å². The standard InChI is InChI=1S/C16H23NO3/c1-16(20-3,17-11-5-4-6-12-17)15(18)13-7-9-14(19-2)10-8-13/h7-10H,4-6,11-12H2,1-3H3. The van der Waals surface area contributed by atoms with Crippen molar-refractivity contribution in [1.82, 2.24) is 4.90 Å². The molecule has 1 aliphatic rings. The Labute approximate surface area is 120 Å². The summed E-state index contributed by atoms with van der Waals surface area (Å²) < 4.78 is 10.7. The van der Waals surface area contributed by atoms with Gasteiger partial charge in [-0.05, 0) is 44.0 Å². The minimum Gasteiger partial charge on any atom is -0.497 e. The zero-order valence-electron chi connectivity index (χ0n) is 12.5. The molecule has 4 nitrogen and oxygen atoms in total. The number of carbonyl (C=O) groups is 1. The molecular formula is C16H23NO3. The topological polar surface area (TPSA) is 38.8 Å². The van der Waals surface area contributed by atoms with E-state index in [1.165, 1.54) is 6.42 Å². The average molecular weight is 277 g/mol. The summed E-state index contributed by atoms with van der Waals surface area (Å²) in [5, 5.41) is 0. The molecule has 0 bridgehead atoms. The van der Waals surface area contributed by atoms with Crippen LogP contribution in [0.4, 0.5) is 0 Å². The van der Waals surface area contributed by atoms with Crippen molar-refractivity contribution in [2.24, 2.45) is 0 Å². The molecule has 0 aliphatic carbocycles. The molecule has 110 valence electrons. The Kier molecular flexibility index (Phi) is 4.78. The number of Topliss-reactive ketones (excluding diaryl/α,β-unsaturated/α-hetero) is 1. The smallest absolute Gasteiger partial charge is 0.209 e. The number of benzene rings is 1. The van der Waals surface area contributed by atoms with E-state index in [9.17, 15) is 4.79 Å². The predicted molar refractivity (Wildman–Crippen MR) is 78.2 cm³/mol. The van der Waals surface area contributed by atoms with Crippen LogP contribution in [0.1, 0.15) is 36.5 Å². The molecule has 1 fully saturated rings. The first-order chi connectivity index (χ1) is 9.61. The lowest BCUT2D eigenvalue weighted by molar-refractivity contribution is -0.0975. The van der Waals surface area contributed by atoms with Crippen LogP contribution in [0.3, 0.4) is 0 Å². The Bertz CT molecular complexity index is 451. The van der Waals surface area contributed by atoms with Gasteiger partial charge in [0.1, 0.15) is 5.75 Å². The number of rotatable bonds is 5. The van der Waals surface area contributed by atoms with Gasteiger partial charge in [-0.2, -0.15) is 0 Å². The summed E-state index contributed by atoms with van der Waals surface area (Å²) in [4.78, 5) is 14.9. The van der Waals surface area contributed by atoms with Crippen molar-refractivity contribution in [2.45, 2.75) is 31.9 Å². The molecule has 0 spiro atoms. The summed E-state index contributed by atoms with van der Waals surface area (Å²) in [5.74, 6) is 0.753. The number of nitrogens with zero attached hydrogens (tertiary/aromatic N) is 1. The van der Waals surface area contributed by atoms with E-state index in [0.717, 1.165) is 31.7 Å². The number of methoxy groups -OCH3 is 2. The van der Waals surface area contributed by atoms with E-state index < -0.39 is 5.72 Å². The maximum atomic E-state index is 12.8. The highest BCUT2D eigenvalue weighted by molar-refractivity contribution is 6.02. The lowest BCUT2D eigenvalue weighted by Crippen LogP contribution is -2.55. The molecule has 4 heteroatoms. The van der Waals surface area contributed by atoms with E-state index in [2.05, 4.69) is 4.90 Å². The molecular weight excluding hydrogens is 254 g/mol.